The average molecular weight is 312 g/mol. The van der Waals surface area contributed by atoms with Crippen LogP contribution >= 0.6 is 0 Å². The minimum atomic E-state index is 0.400. The summed E-state index contributed by atoms with van der Waals surface area (Å²) in [6, 6.07) is 8.35. The van der Waals surface area contributed by atoms with Gasteiger partial charge in [-0.2, -0.15) is 0 Å². The Hall–Kier alpha value is -2.37. The third-order valence-electron chi connectivity index (χ3n) is 4.44. The van der Waals surface area contributed by atoms with E-state index < -0.39 is 0 Å². The highest BCUT2D eigenvalue weighted by atomic mass is 15.3. The van der Waals surface area contributed by atoms with Gasteiger partial charge in [0.2, 0.25) is 0 Å². The lowest BCUT2D eigenvalue weighted by atomic mass is 9.99. The number of nitrogens with two attached hydrogens (primary N) is 1. The highest BCUT2D eigenvalue weighted by molar-refractivity contribution is 5.92. The largest absolute Gasteiger partial charge is 0.370 e. The molecule has 1 aromatic carbocycles. The van der Waals surface area contributed by atoms with Crippen molar-refractivity contribution < 1.29 is 0 Å². The zero-order chi connectivity index (χ0) is 16.2. The van der Waals surface area contributed by atoms with Crippen molar-refractivity contribution in [3.8, 4) is 0 Å². The van der Waals surface area contributed by atoms with Crippen LogP contribution in [0.3, 0.4) is 0 Å². The van der Waals surface area contributed by atoms with Gasteiger partial charge in [0.25, 0.3) is 0 Å². The lowest BCUT2D eigenvalue weighted by Gasteiger charge is -2.10. The maximum atomic E-state index is 5.97. The fourth-order valence-electron chi connectivity index (χ4n) is 2.80. The molecule has 1 unspecified atom stereocenters. The van der Waals surface area contributed by atoms with Crippen LogP contribution in [0.2, 0.25) is 0 Å². The summed E-state index contributed by atoms with van der Waals surface area (Å²) in [5.74, 6) is 2.92. The predicted molar refractivity (Wildman–Crippen MR) is 92.4 cm³/mol. The van der Waals surface area contributed by atoms with Crippen molar-refractivity contribution in [3.05, 3.63) is 41.5 Å². The number of hydrogen-bond donors (Lipinski definition) is 2. The van der Waals surface area contributed by atoms with Gasteiger partial charge in [-0.05, 0) is 36.5 Å². The predicted octanol–water partition coefficient (Wildman–Crippen LogP) is 2.66. The molecular formula is C17H24N6. The molecule has 0 fully saturated rings. The van der Waals surface area contributed by atoms with Gasteiger partial charge in [-0.15, -0.1) is 10.2 Å². The average Bonchev–Trinajstić information content (AvgIpc) is 3.17. The Morgan fingerprint density at radius 3 is 2.87 bits per heavy atom. The molecule has 0 spiro atoms. The van der Waals surface area contributed by atoms with Crippen molar-refractivity contribution >= 4 is 11.6 Å². The Morgan fingerprint density at radius 2 is 2.13 bits per heavy atom. The van der Waals surface area contributed by atoms with E-state index in [-0.39, 0.29) is 0 Å². The molecule has 122 valence electrons. The quantitative estimate of drug-likeness (QED) is 0.657. The Labute approximate surface area is 136 Å². The third kappa shape index (κ3) is 3.52. The van der Waals surface area contributed by atoms with E-state index in [0.29, 0.717) is 18.4 Å². The smallest absolute Gasteiger partial charge is 0.193 e. The van der Waals surface area contributed by atoms with Gasteiger partial charge < -0.3 is 15.6 Å². The number of aliphatic imine (C=N–C) groups is 1. The van der Waals surface area contributed by atoms with Gasteiger partial charge in [0.05, 0.1) is 0 Å². The molecule has 2 heterocycles. The summed E-state index contributed by atoms with van der Waals surface area (Å²) in [7, 11) is 0. The highest BCUT2D eigenvalue weighted by Gasteiger charge is 2.16. The van der Waals surface area contributed by atoms with Crippen molar-refractivity contribution in [3.63, 3.8) is 0 Å². The fourth-order valence-corrected chi connectivity index (χ4v) is 2.80. The van der Waals surface area contributed by atoms with E-state index in [9.17, 15) is 0 Å². The third-order valence-corrected chi connectivity index (χ3v) is 4.44. The Balaban J connectivity index is 1.61. The number of guanidine groups is 1. The van der Waals surface area contributed by atoms with Crippen LogP contribution in [-0.2, 0) is 19.5 Å². The van der Waals surface area contributed by atoms with Crippen LogP contribution in [-0.4, -0.2) is 20.7 Å². The second-order valence-corrected chi connectivity index (χ2v) is 6.05. The van der Waals surface area contributed by atoms with Crippen molar-refractivity contribution in [2.45, 2.75) is 52.1 Å². The number of nitrogens with one attached hydrogen (secondary N) is 1. The number of rotatable bonds is 5. The standard InChI is InChI=1S/C17H24N6/c1-3-12(2)13-6-8-14(9-7-13)20-17(18)19-11-16-22-21-15-5-4-10-23(15)16/h6-9,12H,3-5,10-11H2,1-2H3,(H3,18,19,20). The normalized spacial score (nSPS) is 15.5. The van der Waals surface area contributed by atoms with Crippen LogP contribution in [0.5, 0.6) is 0 Å². The molecule has 0 amide bonds. The van der Waals surface area contributed by atoms with Crippen LogP contribution in [0.25, 0.3) is 0 Å². The molecule has 1 aliphatic rings. The summed E-state index contributed by atoms with van der Waals surface area (Å²) >= 11 is 0. The molecule has 0 saturated carbocycles. The minimum absolute atomic E-state index is 0.400. The van der Waals surface area contributed by atoms with Gasteiger partial charge in [-0.3, -0.25) is 0 Å². The van der Waals surface area contributed by atoms with Gasteiger partial charge >= 0.3 is 0 Å². The molecule has 0 bridgehead atoms. The Morgan fingerprint density at radius 1 is 1.35 bits per heavy atom. The molecule has 2 aromatic rings. The molecule has 3 rings (SSSR count). The zero-order valence-electron chi connectivity index (χ0n) is 13.8. The van der Waals surface area contributed by atoms with Gasteiger partial charge in [-0.1, -0.05) is 26.0 Å². The lowest BCUT2D eigenvalue weighted by Crippen LogP contribution is -2.22. The first-order chi connectivity index (χ1) is 11.2. The second-order valence-electron chi connectivity index (χ2n) is 6.05. The van der Waals surface area contributed by atoms with Crippen LogP contribution in [0, 0.1) is 0 Å². The first kappa shape index (κ1) is 15.5. The maximum Gasteiger partial charge on any atom is 0.193 e. The van der Waals surface area contributed by atoms with Crippen LogP contribution in [0.1, 0.15) is 49.8 Å². The summed E-state index contributed by atoms with van der Waals surface area (Å²) < 4.78 is 2.14. The van der Waals surface area contributed by atoms with E-state index in [1.165, 1.54) is 5.56 Å². The maximum absolute atomic E-state index is 5.97. The van der Waals surface area contributed by atoms with E-state index >= 15 is 0 Å². The topological polar surface area (TPSA) is 81.1 Å². The van der Waals surface area contributed by atoms with Gasteiger partial charge in [0.1, 0.15) is 12.4 Å². The van der Waals surface area contributed by atoms with E-state index in [0.717, 1.165) is 43.1 Å². The number of benzene rings is 1. The summed E-state index contributed by atoms with van der Waals surface area (Å²) in [6.45, 7) is 5.87. The van der Waals surface area contributed by atoms with E-state index in [4.69, 9.17) is 5.73 Å². The summed E-state index contributed by atoms with van der Waals surface area (Å²) in [5.41, 5.74) is 8.26. The first-order valence-corrected chi connectivity index (χ1v) is 8.25. The Kier molecular flexibility index (Phi) is 4.60. The van der Waals surface area contributed by atoms with Crippen molar-refractivity contribution in [2.75, 3.05) is 5.32 Å². The van der Waals surface area contributed by atoms with E-state index in [1.54, 1.807) is 0 Å². The van der Waals surface area contributed by atoms with Crippen LogP contribution in [0.4, 0.5) is 5.69 Å². The van der Waals surface area contributed by atoms with E-state index in [2.05, 4.69) is 51.1 Å². The molecule has 23 heavy (non-hydrogen) atoms. The van der Waals surface area contributed by atoms with E-state index in [1.807, 2.05) is 12.1 Å². The fraction of sp³-hybridized carbons (Fsp3) is 0.471. The molecule has 0 aliphatic carbocycles. The van der Waals surface area contributed by atoms with Crippen LogP contribution < -0.4 is 11.1 Å². The summed E-state index contributed by atoms with van der Waals surface area (Å²) in [6.07, 6.45) is 3.28. The van der Waals surface area contributed by atoms with Gasteiger partial charge in [0.15, 0.2) is 11.8 Å². The zero-order valence-corrected chi connectivity index (χ0v) is 13.8. The van der Waals surface area contributed by atoms with Crippen molar-refractivity contribution in [1.82, 2.24) is 14.8 Å². The number of nitrogens with zero attached hydrogens (tertiary/aromatic N) is 4. The molecule has 6 nitrogen and oxygen atoms in total. The molecule has 0 radical (unpaired) electrons. The summed E-state index contributed by atoms with van der Waals surface area (Å²) in [4.78, 5) is 4.37. The number of aromatic nitrogens is 3. The number of fused-ring (bicyclic) bond motifs is 1. The number of anilines is 1. The monoisotopic (exact) mass is 312 g/mol. The molecule has 1 aliphatic heterocycles. The van der Waals surface area contributed by atoms with Gasteiger partial charge in [0, 0.05) is 18.7 Å². The van der Waals surface area contributed by atoms with Crippen LogP contribution in [0.15, 0.2) is 29.3 Å². The number of hydrogen-bond acceptors (Lipinski definition) is 3. The van der Waals surface area contributed by atoms with Gasteiger partial charge in [-0.25, -0.2) is 4.99 Å². The highest BCUT2D eigenvalue weighted by Crippen LogP contribution is 2.20. The second kappa shape index (κ2) is 6.81. The molecule has 6 heteroatoms. The molecule has 1 aromatic heterocycles. The lowest BCUT2D eigenvalue weighted by molar-refractivity contribution is 0.688. The number of aryl methyl sites for hydroxylation is 1. The van der Waals surface area contributed by atoms with Crippen molar-refractivity contribution in [1.29, 1.82) is 0 Å². The molecule has 1 atom stereocenters. The molecule has 3 N–H and O–H groups in total. The Bertz CT molecular complexity index is 686. The van der Waals surface area contributed by atoms with Crippen molar-refractivity contribution in [2.24, 2.45) is 10.7 Å². The SMILES string of the molecule is CCC(C)c1ccc(NC(N)=NCc2nnc3n2CCC3)cc1. The molecule has 0 saturated heterocycles. The molecular weight excluding hydrogens is 288 g/mol. The first-order valence-electron chi connectivity index (χ1n) is 8.25. The minimum Gasteiger partial charge on any atom is -0.370 e. The summed E-state index contributed by atoms with van der Waals surface area (Å²) in [5, 5.41) is 11.5.